The molecular weight excluding hydrogens is 436 g/mol. The van der Waals surface area contributed by atoms with Gasteiger partial charge in [-0.1, -0.05) is 11.6 Å². The number of hydrogen-bond acceptors (Lipinski definition) is 8. The molecule has 9 nitrogen and oxygen atoms in total. The van der Waals surface area contributed by atoms with Gasteiger partial charge >= 0.3 is 0 Å². The number of benzene rings is 1. The summed E-state index contributed by atoms with van der Waals surface area (Å²) in [4.78, 5) is 19.0. The van der Waals surface area contributed by atoms with Crippen molar-refractivity contribution in [3.63, 3.8) is 0 Å². The molecule has 0 bridgehead atoms. The number of nitrogens with one attached hydrogen (secondary N) is 1. The molecule has 1 aliphatic rings. The van der Waals surface area contributed by atoms with Crippen molar-refractivity contribution < 1.29 is 23.1 Å². The molecule has 1 saturated heterocycles. The molecule has 1 N–H and O–H groups in total. The van der Waals surface area contributed by atoms with E-state index in [1.807, 2.05) is 4.90 Å². The van der Waals surface area contributed by atoms with E-state index in [0.717, 1.165) is 0 Å². The molecule has 1 aromatic carbocycles. The number of hydrogen-bond donors (Lipinski definition) is 1. The van der Waals surface area contributed by atoms with Crippen molar-refractivity contribution in [1.82, 2.24) is 4.98 Å². The number of nitriles is 1. The zero-order valence-electron chi connectivity index (χ0n) is 17.6. The maximum absolute atomic E-state index is 12.9. The molecule has 1 aliphatic heterocycles. The number of nitrogens with zero attached hydrogens (tertiary/aromatic N) is 3. The van der Waals surface area contributed by atoms with E-state index in [1.165, 1.54) is 20.5 Å². The fourth-order valence-corrected chi connectivity index (χ4v) is 3.88. The molecule has 0 radical (unpaired) electrons. The van der Waals surface area contributed by atoms with Gasteiger partial charge in [-0.05, 0) is 31.0 Å². The number of anilines is 2. The summed E-state index contributed by atoms with van der Waals surface area (Å²) >= 11 is 6.19. The molecule has 0 saturated carbocycles. The Morgan fingerprint density at radius 1 is 1.28 bits per heavy atom. The fourth-order valence-electron chi connectivity index (χ4n) is 3.64. The van der Waals surface area contributed by atoms with Crippen LogP contribution in [0.25, 0.3) is 11.7 Å². The second-order valence-corrected chi connectivity index (χ2v) is 7.61. The molecule has 0 atom stereocenters. The molecule has 3 aromatic rings. The van der Waals surface area contributed by atoms with Gasteiger partial charge in [0.05, 0.1) is 31.2 Å². The summed E-state index contributed by atoms with van der Waals surface area (Å²) in [6, 6.07) is 8.74. The molecule has 4 rings (SSSR count). The monoisotopic (exact) mass is 456 g/mol. The predicted octanol–water partition coefficient (Wildman–Crippen LogP) is 4.33. The first kappa shape index (κ1) is 21.6. The molecule has 0 unspecified atom stereocenters. The van der Waals surface area contributed by atoms with Crippen LogP contribution in [0.2, 0.25) is 5.02 Å². The number of methoxy groups -OCH3 is 2. The van der Waals surface area contributed by atoms with Gasteiger partial charge in [-0.2, -0.15) is 10.2 Å². The largest absolute Gasteiger partial charge is 0.495 e. The van der Waals surface area contributed by atoms with E-state index in [1.54, 1.807) is 24.3 Å². The van der Waals surface area contributed by atoms with Crippen molar-refractivity contribution in [1.29, 1.82) is 5.26 Å². The topological polar surface area (TPSA) is 114 Å². The van der Waals surface area contributed by atoms with Gasteiger partial charge in [0.15, 0.2) is 5.76 Å². The van der Waals surface area contributed by atoms with Crippen molar-refractivity contribution >= 4 is 29.1 Å². The zero-order chi connectivity index (χ0) is 22.7. The van der Waals surface area contributed by atoms with Crippen LogP contribution in [0.3, 0.4) is 0 Å². The third-order valence-electron chi connectivity index (χ3n) is 5.33. The summed E-state index contributed by atoms with van der Waals surface area (Å²) in [5.41, 5.74) is 0.674. The second kappa shape index (κ2) is 9.24. The van der Waals surface area contributed by atoms with E-state index in [-0.39, 0.29) is 23.4 Å². The van der Waals surface area contributed by atoms with Gasteiger partial charge in [-0.25, -0.2) is 0 Å². The highest BCUT2D eigenvalue weighted by molar-refractivity contribution is 6.32. The van der Waals surface area contributed by atoms with Crippen LogP contribution < -0.4 is 19.7 Å². The number of amides is 1. The van der Waals surface area contributed by atoms with Gasteiger partial charge in [0.25, 0.3) is 5.89 Å². The lowest BCUT2D eigenvalue weighted by molar-refractivity contribution is -0.120. The molecule has 10 heteroatoms. The molecular formula is C22H21ClN4O5. The standard InChI is InChI=1S/C22H21ClN4O5/c1-29-18-11-19(30-2)15(10-14(18)23)25-20(28)13-5-7-27(8-6-13)22-16(12-24)26-21(32-22)17-4-3-9-31-17/h3-4,9-11,13H,5-8H2,1-2H3,(H,25,28). The van der Waals surface area contributed by atoms with Crippen molar-refractivity contribution in [2.24, 2.45) is 5.92 Å². The SMILES string of the molecule is COc1cc(OC)c(NC(=O)C2CCN(c3oc(-c4ccco4)nc3C#N)CC2)cc1Cl. The first-order chi connectivity index (χ1) is 15.5. The molecule has 32 heavy (non-hydrogen) atoms. The Morgan fingerprint density at radius 2 is 2.03 bits per heavy atom. The number of piperidine rings is 1. The normalized spacial score (nSPS) is 14.1. The summed E-state index contributed by atoms with van der Waals surface area (Å²) in [5, 5.41) is 12.7. The minimum absolute atomic E-state index is 0.126. The highest BCUT2D eigenvalue weighted by atomic mass is 35.5. The van der Waals surface area contributed by atoms with Gasteiger partial charge in [0.1, 0.15) is 17.6 Å². The van der Waals surface area contributed by atoms with E-state index >= 15 is 0 Å². The lowest BCUT2D eigenvalue weighted by atomic mass is 9.95. The van der Waals surface area contributed by atoms with Gasteiger partial charge in [-0.15, -0.1) is 0 Å². The minimum Gasteiger partial charge on any atom is -0.495 e. The summed E-state index contributed by atoms with van der Waals surface area (Å²) in [6.07, 6.45) is 2.68. The van der Waals surface area contributed by atoms with Crippen LogP contribution in [0.4, 0.5) is 11.6 Å². The third kappa shape index (κ3) is 4.22. The summed E-state index contributed by atoms with van der Waals surface area (Å²) in [6.45, 7) is 1.08. The van der Waals surface area contributed by atoms with Crippen molar-refractivity contribution in [2.45, 2.75) is 12.8 Å². The average Bonchev–Trinajstić information content (AvgIpc) is 3.49. The Morgan fingerprint density at radius 3 is 2.66 bits per heavy atom. The van der Waals surface area contributed by atoms with E-state index in [0.29, 0.717) is 59.8 Å². The Kier molecular flexibility index (Phi) is 6.23. The van der Waals surface area contributed by atoms with E-state index in [2.05, 4.69) is 16.4 Å². The summed E-state index contributed by atoms with van der Waals surface area (Å²) in [5.74, 6) is 1.68. The summed E-state index contributed by atoms with van der Waals surface area (Å²) < 4.78 is 21.6. The van der Waals surface area contributed by atoms with Gasteiger partial charge in [0, 0.05) is 25.1 Å². The molecule has 2 aromatic heterocycles. The Bertz CT molecular complexity index is 1140. The third-order valence-corrected chi connectivity index (χ3v) is 5.63. The lowest BCUT2D eigenvalue weighted by Crippen LogP contribution is -2.38. The van der Waals surface area contributed by atoms with Crippen LogP contribution in [0.5, 0.6) is 11.5 Å². The molecule has 0 spiro atoms. The number of carbonyl (C=O) groups is 1. The van der Waals surface area contributed by atoms with Crippen molar-refractivity contribution in [3.05, 3.63) is 41.2 Å². The molecule has 1 amide bonds. The molecule has 1 fully saturated rings. The quantitative estimate of drug-likeness (QED) is 0.582. The number of halogens is 1. The molecule has 166 valence electrons. The molecule has 0 aliphatic carbocycles. The summed E-state index contributed by atoms with van der Waals surface area (Å²) in [7, 11) is 3.02. The number of carbonyl (C=O) groups excluding carboxylic acids is 1. The van der Waals surface area contributed by atoms with Crippen LogP contribution in [0.1, 0.15) is 18.5 Å². The van der Waals surface area contributed by atoms with Crippen LogP contribution in [0, 0.1) is 17.2 Å². The second-order valence-electron chi connectivity index (χ2n) is 7.20. The number of furan rings is 1. The van der Waals surface area contributed by atoms with Gasteiger partial charge in [0.2, 0.25) is 17.5 Å². The van der Waals surface area contributed by atoms with Crippen molar-refractivity contribution in [3.8, 4) is 29.2 Å². The van der Waals surface area contributed by atoms with Crippen LogP contribution >= 0.6 is 11.6 Å². The Balaban J connectivity index is 1.43. The average molecular weight is 457 g/mol. The van der Waals surface area contributed by atoms with E-state index in [4.69, 9.17) is 29.9 Å². The van der Waals surface area contributed by atoms with Crippen LogP contribution in [0.15, 0.2) is 39.4 Å². The van der Waals surface area contributed by atoms with Gasteiger partial charge in [-0.3, -0.25) is 4.79 Å². The van der Waals surface area contributed by atoms with Crippen LogP contribution in [-0.4, -0.2) is 38.2 Å². The highest BCUT2D eigenvalue weighted by Crippen LogP contribution is 2.37. The number of aromatic nitrogens is 1. The first-order valence-electron chi connectivity index (χ1n) is 9.96. The smallest absolute Gasteiger partial charge is 0.266 e. The van der Waals surface area contributed by atoms with Gasteiger partial charge < -0.3 is 28.5 Å². The number of oxazole rings is 1. The maximum atomic E-state index is 12.9. The predicted molar refractivity (Wildman–Crippen MR) is 117 cm³/mol. The van der Waals surface area contributed by atoms with E-state index in [9.17, 15) is 10.1 Å². The number of ether oxygens (including phenoxy) is 2. The maximum Gasteiger partial charge on any atom is 0.266 e. The molecule has 3 heterocycles. The minimum atomic E-state index is -0.213. The lowest BCUT2D eigenvalue weighted by Gasteiger charge is -2.31. The highest BCUT2D eigenvalue weighted by Gasteiger charge is 2.30. The van der Waals surface area contributed by atoms with Crippen molar-refractivity contribution in [2.75, 3.05) is 37.5 Å². The first-order valence-corrected chi connectivity index (χ1v) is 10.3. The Labute approximate surface area is 189 Å². The number of rotatable bonds is 6. The van der Waals surface area contributed by atoms with Crippen LogP contribution in [-0.2, 0) is 4.79 Å². The van der Waals surface area contributed by atoms with E-state index < -0.39 is 0 Å². The Hall–Kier alpha value is -3.64. The fraction of sp³-hybridized carbons (Fsp3) is 0.318. The zero-order valence-corrected chi connectivity index (χ0v) is 18.3.